The normalized spacial score (nSPS) is 11.6. The van der Waals surface area contributed by atoms with Crippen molar-refractivity contribution in [1.29, 1.82) is 0 Å². The van der Waals surface area contributed by atoms with Crippen molar-refractivity contribution in [3.05, 3.63) is 157 Å². The number of hydrogen-bond acceptors (Lipinski definition) is 0. The Kier molecular flexibility index (Phi) is 5.69. The molecule has 0 heteroatoms. The van der Waals surface area contributed by atoms with Crippen molar-refractivity contribution in [2.75, 3.05) is 0 Å². The van der Waals surface area contributed by atoms with Gasteiger partial charge in [0.25, 0.3) is 0 Å². The molecule has 42 heavy (non-hydrogen) atoms. The molecule has 0 atom stereocenters. The van der Waals surface area contributed by atoms with Crippen LogP contribution in [0, 0.1) is 13.8 Å². The summed E-state index contributed by atoms with van der Waals surface area (Å²) in [6, 6.07) is 53.8. The highest BCUT2D eigenvalue weighted by Gasteiger charge is 2.18. The van der Waals surface area contributed by atoms with Crippen LogP contribution in [0.25, 0.3) is 76.5 Å². The lowest BCUT2D eigenvalue weighted by atomic mass is 9.84. The van der Waals surface area contributed by atoms with E-state index in [-0.39, 0.29) is 0 Å². The maximum atomic E-state index is 2.41. The lowest BCUT2D eigenvalue weighted by Crippen LogP contribution is -1.92. The van der Waals surface area contributed by atoms with Crippen LogP contribution in [-0.2, 0) is 0 Å². The molecule has 0 saturated heterocycles. The van der Waals surface area contributed by atoms with Crippen LogP contribution in [0.3, 0.4) is 0 Å². The van der Waals surface area contributed by atoms with E-state index in [0.29, 0.717) is 0 Å². The van der Waals surface area contributed by atoms with Gasteiger partial charge in [0.1, 0.15) is 0 Å². The predicted molar refractivity (Wildman–Crippen MR) is 182 cm³/mol. The van der Waals surface area contributed by atoms with Crippen molar-refractivity contribution in [3.63, 3.8) is 0 Å². The minimum absolute atomic E-state index is 1.25. The second kappa shape index (κ2) is 9.72. The fourth-order valence-electron chi connectivity index (χ4n) is 6.79. The topological polar surface area (TPSA) is 0 Å². The first-order valence-corrected chi connectivity index (χ1v) is 14.7. The Morgan fingerprint density at radius 1 is 0.310 bits per heavy atom. The lowest BCUT2D eigenvalue weighted by Gasteiger charge is -2.19. The predicted octanol–water partition coefficient (Wildman–Crippen LogP) is 11.9. The van der Waals surface area contributed by atoms with Gasteiger partial charge in [-0.1, -0.05) is 121 Å². The zero-order chi connectivity index (χ0) is 28.2. The molecular formula is C42H30. The third-order valence-electron chi connectivity index (χ3n) is 8.89. The summed E-state index contributed by atoms with van der Waals surface area (Å²) in [5.41, 5.74) is 10.3. The van der Waals surface area contributed by atoms with Gasteiger partial charge in [0.05, 0.1) is 0 Å². The Balaban J connectivity index is 1.55. The molecule has 0 fully saturated rings. The molecule has 0 bridgehead atoms. The van der Waals surface area contributed by atoms with Crippen LogP contribution in [0.1, 0.15) is 11.1 Å². The Labute approximate surface area is 246 Å². The molecule has 0 aliphatic rings. The van der Waals surface area contributed by atoms with E-state index in [2.05, 4.69) is 159 Å². The van der Waals surface area contributed by atoms with E-state index in [1.54, 1.807) is 0 Å². The summed E-state index contributed by atoms with van der Waals surface area (Å²) in [6.45, 7) is 4.40. The zero-order valence-corrected chi connectivity index (χ0v) is 23.9. The van der Waals surface area contributed by atoms with Gasteiger partial charge in [0, 0.05) is 0 Å². The van der Waals surface area contributed by atoms with Crippen LogP contribution in [0.4, 0.5) is 0 Å². The molecule has 0 aliphatic carbocycles. The number of fused-ring (bicyclic) bond motifs is 4. The van der Waals surface area contributed by atoms with Gasteiger partial charge < -0.3 is 0 Å². The smallest absolute Gasteiger partial charge is 0.00141 e. The Hall–Kier alpha value is -5.20. The maximum absolute atomic E-state index is 2.41. The summed E-state index contributed by atoms with van der Waals surface area (Å²) in [5, 5.41) is 10.2. The third-order valence-corrected chi connectivity index (χ3v) is 8.89. The monoisotopic (exact) mass is 534 g/mol. The maximum Gasteiger partial charge on any atom is -0.00141 e. The molecule has 0 aliphatic heterocycles. The summed E-state index contributed by atoms with van der Waals surface area (Å²) >= 11 is 0. The van der Waals surface area contributed by atoms with Gasteiger partial charge in [0.15, 0.2) is 0 Å². The molecule has 8 rings (SSSR count). The van der Waals surface area contributed by atoms with Crippen molar-refractivity contribution in [2.45, 2.75) is 13.8 Å². The molecule has 0 saturated carbocycles. The first kappa shape index (κ1) is 24.6. The fourth-order valence-corrected chi connectivity index (χ4v) is 6.79. The van der Waals surface area contributed by atoms with E-state index in [4.69, 9.17) is 0 Å². The van der Waals surface area contributed by atoms with Crippen LogP contribution in [-0.4, -0.2) is 0 Å². The van der Waals surface area contributed by atoms with Gasteiger partial charge >= 0.3 is 0 Å². The Bertz CT molecular complexity index is 2150. The average molecular weight is 535 g/mol. The summed E-state index contributed by atoms with van der Waals surface area (Å²) in [4.78, 5) is 0. The summed E-state index contributed by atoms with van der Waals surface area (Å²) in [6.07, 6.45) is 0. The molecule has 0 nitrogen and oxygen atoms in total. The van der Waals surface area contributed by atoms with E-state index < -0.39 is 0 Å². The minimum Gasteiger partial charge on any atom is -0.0620 e. The van der Waals surface area contributed by atoms with Gasteiger partial charge in [-0.25, -0.2) is 0 Å². The Morgan fingerprint density at radius 2 is 0.690 bits per heavy atom. The van der Waals surface area contributed by atoms with Crippen molar-refractivity contribution in [3.8, 4) is 33.4 Å². The highest BCUT2D eigenvalue weighted by Crippen LogP contribution is 2.45. The summed E-state index contributed by atoms with van der Waals surface area (Å²) in [7, 11) is 0. The van der Waals surface area contributed by atoms with Gasteiger partial charge in [0.2, 0.25) is 0 Å². The molecule has 8 aromatic carbocycles. The van der Waals surface area contributed by atoms with Crippen molar-refractivity contribution in [1.82, 2.24) is 0 Å². The standard InChI is InChI=1S/C42H30/c1-27-11-3-7-15-35(27)33-21-19-31-23-29-13-5-9-17-37(29)41(39(31)25-33)42-38-18-10-6-14-30(38)24-32-20-22-34(26-40(32)42)36-16-8-4-12-28(36)2/h3-26H,1-2H3. The van der Waals surface area contributed by atoms with E-state index in [1.807, 2.05) is 0 Å². The van der Waals surface area contributed by atoms with Gasteiger partial charge in [-0.3, -0.25) is 0 Å². The quantitative estimate of drug-likeness (QED) is 0.198. The number of rotatable bonds is 3. The van der Waals surface area contributed by atoms with Gasteiger partial charge in [-0.05, 0) is 126 Å². The van der Waals surface area contributed by atoms with E-state index >= 15 is 0 Å². The molecule has 0 radical (unpaired) electrons. The fraction of sp³-hybridized carbons (Fsp3) is 0.0476. The molecule has 0 aromatic heterocycles. The number of hydrogen-bond donors (Lipinski definition) is 0. The molecule has 0 heterocycles. The first-order chi connectivity index (χ1) is 20.7. The van der Waals surface area contributed by atoms with Crippen LogP contribution in [0.5, 0.6) is 0 Å². The second-order valence-corrected chi connectivity index (χ2v) is 11.4. The number of aryl methyl sites for hydroxylation is 2. The van der Waals surface area contributed by atoms with E-state index in [1.165, 1.54) is 87.6 Å². The average Bonchev–Trinajstić information content (AvgIpc) is 3.03. The SMILES string of the molecule is Cc1ccccc1-c1ccc2cc3ccccc3c(-c3c4ccccc4cc4ccc(-c5ccccc5C)cc34)c2c1. The van der Waals surface area contributed by atoms with Gasteiger partial charge in [-0.2, -0.15) is 0 Å². The summed E-state index contributed by atoms with van der Waals surface area (Å²) in [5.74, 6) is 0. The highest BCUT2D eigenvalue weighted by molar-refractivity contribution is 6.24. The van der Waals surface area contributed by atoms with Crippen LogP contribution in [0.15, 0.2) is 146 Å². The highest BCUT2D eigenvalue weighted by atomic mass is 14.2. The molecule has 0 amide bonds. The van der Waals surface area contributed by atoms with E-state index in [9.17, 15) is 0 Å². The molecule has 8 aromatic rings. The van der Waals surface area contributed by atoms with Crippen LogP contribution >= 0.6 is 0 Å². The summed E-state index contributed by atoms with van der Waals surface area (Å²) < 4.78 is 0. The van der Waals surface area contributed by atoms with Crippen molar-refractivity contribution < 1.29 is 0 Å². The number of benzene rings is 8. The molecule has 0 spiro atoms. The third kappa shape index (κ3) is 3.91. The van der Waals surface area contributed by atoms with Crippen molar-refractivity contribution >= 4 is 43.1 Å². The largest absolute Gasteiger partial charge is 0.0620 e. The molecular weight excluding hydrogens is 504 g/mol. The van der Waals surface area contributed by atoms with Crippen LogP contribution in [0.2, 0.25) is 0 Å². The zero-order valence-electron chi connectivity index (χ0n) is 23.9. The first-order valence-electron chi connectivity index (χ1n) is 14.7. The second-order valence-electron chi connectivity index (χ2n) is 11.4. The van der Waals surface area contributed by atoms with Gasteiger partial charge in [-0.15, -0.1) is 0 Å². The van der Waals surface area contributed by atoms with E-state index in [0.717, 1.165) is 0 Å². The minimum atomic E-state index is 1.25. The van der Waals surface area contributed by atoms with Crippen LogP contribution < -0.4 is 0 Å². The Morgan fingerprint density at radius 3 is 1.14 bits per heavy atom. The molecule has 0 N–H and O–H groups in total. The molecule has 0 unspecified atom stereocenters. The van der Waals surface area contributed by atoms with Crippen molar-refractivity contribution in [2.24, 2.45) is 0 Å². The molecule has 198 valence electrons. The lowest BCUT2D eigenvalue weighted by molar-refractivity contribution is 1.46.